The van der Waals surface area contributed by atoms with Gasteiger partial charge in [-0.25, -0.2) is 0 Å². The van der Waals surface area contributed by atoms with E-state index in [0.29, 0.717) is 13.0 Å². The molecule has 1 fully saturated rings. The van der Waals surface area contributed by atoms with Crippen molar-refractivity contribution in [3.05, 3.63) is 5.53 Å². The number of nitrogens with zero attached hydrogens (tertiary/aromatic N) is 3. The van der Waals surface area contributed by atoms with Crippen molar-refractivity contribution in [2.45, 2.75) is 25.7 Å². The SMILES string of the molecule is [N-]=[N+]=CC(=O)CCN1CCCCC1=S. The minimum Gasteiger partial charge on any atom is -0.366 e. The minimum absolute atomic E-state index is 0.166. The summed E-state index contributed by atoms with van der Waals surface area (Å²) in [6, 6.07) is 0. The first-order valence-electron chi connectivity index (χ1n) is 4.72. The zero-order chi connectivity index (χ0) is 10.4. The van der Waals surface area contributed by atoms with Gasteiger partial charge in [0.1, 0.15) is 0 Å². The first-order valence-corrected chi connectivity index (χ1v) is 5.13. The van der Waals surface area contributed by atoms with Gasteiger partial charge in [-0.15, -0.1) is 0 Å². The van der Waals surface area contributed by atoms with E-state index in [4.69, 9.17) is 17.7 Å². The van der Waals surface area contributed by atoms with E-state index in [-0.39, 0.29) is 5.78 Å². The van der Waals surface area contributed by atoms with Crippen LogP contribution in [0.4, 0.5) is 0 Å². The van der Waals surface area contributed by atoms with Crippen LogP contribution in [0.15, 0.2) is 0 Å². The lowest BCUT2D eigenvalue weighted by Crippen LogP contribution is -2.35. The first kappa shape index (κ1) is 11.0. The molecular weight excluding hydrogens is 198 g/mol. The molecule has 0 aromatic rings. The van der Waals surface area contributed by atoms with Crippen molar-refractivity contribution >= 4 is 29.2 Å². The third-order valence-electron chi connectivity index (χ3n) is 2.25. The maximum atomic E-state index is 11.0. The van der Waals surface area contributed by atoms with E-state index in [1.54, 1.807) is 0 Å². The van der Waals surface area contributed by atoms with Crippen LogP contribution in [0, 0.1) is 0 Å². The van der Waals surface area contributed by atoms with Crippen LogP contribution in [0.25, 0.3) is 5.53 Å². The maximum Gasteiger partial charge on any atom is 0.323 e. The molecule has 0 amide bonds. The third-order valence-corrected chi connectivity index (χ3v) is 2.71. The van der Waals surface area contributed by atoms with Gasteiger partial charge in [-0.05, 0) is 19.3 Å². The number of Topliss-reactive ketones (excluding diaryl/α,β-unsaturated/α-hetero) is 1. The molecule has 0 N–H and O–H groups in total. The molecule has 1 heterocycles. The largest absolute Gasteiger partial charge is 0.366 e. The quantitative estimate of drug-likeness (QED) is 0.302. The lowest BCUT2D eigenvalue weighted by Gasteiger charge is -2.28. The van der Waals surface area contributed by atoms with Crippen molar-refractivity contribution in [3.8, 4) is 0 Å². The Kier molecular flexibility index (Phi) is 4.43. The number of ketones is 1. The summed E-state index contributed by atoms with van der Waals surface area (Å²) in [4.78, 5) is 16.7. The Morgan fingerprint density at radius 3 is 3.07 bits per heavy atom. The summed E-state index contributed by atoms with van der Waals surface area (Å²) in [6.07, 6.45) is 4.55. The van der Waals surface area contributed by atoms with Crippen LogP contribution in [0.5, 0.6) is 0 Å². The number of carbonyl (C=O) groups excluding carboxylic acids is 1. The molecule has 1 rings (SSSR count). The lowest BCUT2D eigenvalue weighted by molar-refractivity contribution is -0.116. The molecule has 4 nitrogen and oxygen atoms in total. The smallest absolute Gasteiger partial charge is 0.323 e. The number of carbonyl (C=O) groups is 1. The van der Waals surface area contributed by atoms with Gasteiger partial charge in [-0.1, -0.05) is 12.2 Å². The van der Waals surface area contributed by atoms with Crippen molar-refractivity contribution in [1.82, 2.24) is 4.90 Å². The van der Waals surface area contributed by atoms with Gasteiger partial charge in [0.25, 0.3) is 0 Å². The van der Waals surface area contributed by atoms with Crippen molar-refractivity contribution < 1.29 is 9.58 Å². The lowest BCUT2D eigenvalue weighted by atomic mass is 10.1. The van der Waals surface area contributed by atoms with Crippen molar-refractivity contribution in [2.24, 2.45) is 0 Å². The summed E-state index contributed by atoms with van der Waals surface area (Å²) in [7, 11) is 0. The molecule has 14 heavy (non-hydrogen) atoms. The van der Waals surface area contributed by atoms with Crippen molar-refractivity contribution in [2.75, 3.05) is 13.1 Å². The highest BCUT2D eigenvalue weighted by Crippen LogP contribution is 2.12. The molecule has 76 valence electrons. The van der Waals surface area contributed by atoms with E-state index in [2.05, 4.69) is 9.69 Å². The predicted molar refractivity (Wildman–Crippen MR) is 57.3 cm³/mol. The van der Waals surface area contributed by atoms with Gasteiger partial charge in [0, 0.05) is 19.5 Å². The number of hydrogen-bond donors (Lipinski definition) is 0. The second-order valence-electron chi connectivity index (χ2n) is 3.30. The summed E-state index contributed by atoms with van der Waals surface area (Å²) < 4.78 is 0. The number of piperidine rings is 1. The molecular formula is C9H13N3OS. The highest BCUT2D eigenvalue weighted by molar-refractivity contribution is 7.80. The molecule has 0 radical (unpaired) electrons. The Bertz CT molecular complexity index is 284. The van der Waals surface area contributed by atoms with E-state index in [9.17, 15) is 4.79 Å². The fourth-order valence-electron chi connectivity index (χ4n) is 1.47. The molecule has 0 aromatic heterocycles. The summed E-state index contributed by atoms with van der Waals surface area (Å²) >= 11 is 5.18. The number of rotatable bonds is 4. The van der Waals surface area contributed by atoms with Gasteiger partial charge in [0.2, 0.25) is 5.78 Å². The van der Waals surface area contributed by atoms with Crippen LogP contribution < -0.4 is 0 Å². The maximum absolute atomic E-state index is 11.0. The molecule has 0 atom stereocenters. The monoisotopic (exact) mass is 211 g/mol. The molecule has 1 saturated heterocycles. The van der Waals surface area contributed by atoms with Gasteiger partial charge >= 0.3 is 6.21 Å². The topological polar surface area (TPSA) is 56.7 Å². The second-order valence-corrected chi connectivity index (χ2v) is 3.77. The van der Waals surface area contributed by atoms with E-state index in [1.165, 1.54) is 0 Å². The summed E-state index contributed by atoms with van der Waals surface area (Å²) in [6.45, 7) is 1.59. The van der Waals surface area contributed by atoms with Crippen LogP contribution in [-0.4, -0.2) is 39.8 Å². The number of likely N-dealkylation sites (tertiary alicyclic amines) is 1. The molecule has 1 aliphatic heterocycles. The second kappa shape index (κ2) is 5.62. The van der Waals surface area contributed by atoms with E-state index >= 15 is 0 Å². The van der Waals surface area contributed by atoms with E-state index in [0.717, 1.165) is 37.0 Å². The molecule has 0 saturated carbocycles. The summed E-state index contributed by atoms with van der Waals surface area (Å²) in [5, 5.41) is 0. The predicted octanol–water partition coefficient (Wildman–Crippen LogP) is 1.06. The normalized spacial score (nSPS) is 16.3. The zero-order valence-corrected chi connectivity index (χ0v) is 8.79. The van der Waals surface area contributed by atoms with Gasteiger partial charge in [0.15, 0.2) is 0 Å². The van der Waals surface area contributed by atoms with Crippen LogP contribution in [0.1, 0.15) is 25.7 Å². The van der Waals surface area contributed by atoms with Crippen LogP contribution in [0.3, 0.4) is 0 Å². The van der Waals surface area contributed by atoms with Gasteiger partial charge in [-0.2, -0.15) is 4.79 Å². The van der Waals surface area contributed by atoms with Gasteiger partial charge in [0.05, 0.1) is 4.99 Å². The van der Waals surface area contributed by atoms with Crippen LogP contribution >= 0.6 is 12.2 Å². The van der Waals surface area contributed by atoms with E-state index < -0.39 is 0 Å². The molecule has 0 aliphatic carbocycles. The Hall–Kier alpha value is -1.06. The average Bonchev–Trinajstić information content (AvgIpc) is 2.17. The Morgan fingerprint density at radius 2 is 2.43 bits per heavy atom. The number of hydrogen-bond acceptors (Lipinski definition) is 2. The molecule has 0 spiro atoms. The molecule has 5 heteroatoms. The molecule has 0 bridgehead atoms. The van der Waals surface area contributed by atoms with Crippen molar-refractivity contribution in [3.63, 3.8) is 0 Å². The van der Waals surface area contributed by atoms with Crippen LogP contribution in [-0.2, 0) is 4.79 Å². The minimum atomic E-state index is -0.166. The third kappa shape index (κ3) is 3.36. The summed E-state index contributed by atoms with van der Waals surface area (Å²) in [5.41, 5.74) is 8.13. The first-order chi connectivity index (χ1) is 6.74. The van der Waals surface area contributed by atoms with Crippen LogP contribution in [0.2, 0.25) is 0 Å². The average molecular weight is 211 g/mol. The summed E-state index contributed by atoms with van der Waals surface area (Å²) in [5.74, 6) is -0.166. The Balaban J connectivity index is 2.32. The number of thiocarbonyl (C=S) groups is 1. The Labute approximate surface area is 88.5 Å². The van der Waals surface area contributed by atoms with Gasteiger partial charge < -0.3 is 10.4 Å². The standard InChI is InChI=1S/C9H13N3OS/c10-11-7-8(13)4-6-12-5-2-1-3-9(12)14/h7H,1-6H2. The highest BCUT2D eigenvalue weighted by atomic mass is 32.1. The molecule has 0 aromatic carbocycles. The molecule has 0 unspecified atom stereocenters. The highest BCUT2D eigenvalue weighted by Gasteiger charge is 2.15. The van der Waals surface area contributed by atoms with Crippen molar-refractivity contribution in [1.29, 1.82) is 0 Å². The zero-order valence-electron chi connectivity index (χ0n) is 7.98. The Morgan fingerprint density at radius 1 is 1.64 bits per heavy atom. The fraction of sp³-hybridized carbons (Fsp3) is 0.667. The van der Waals surface area contributed by atoms with Gasteiger partial charge in [-0.3, -0.25) is 4.79 Å². The fourth-order valence-corrected chi connectivity index (χ4v) is 1.80. The molecule has 1 aliphatic rings. The van der Waals surface area contributed by atoms with E-state index in [1.807, 2.05) is 0 Å².